The summed E-state index contributed by atoms with van der Waals surface area (Å²) in [6.07, 6.45) is 0.176. The zero-order valence-electron chi connectivity index (χ0n) is 16.4. The maximum atomic E-state index is 12.6. The van der Waals surface area contributed by atoms with Crippen LogP contribution in [0, 0.1) is 0 Å². The molecule has 1 aliphatic rings. The second kappa shape index (κ2) is 8.27. The number of esters is 1. The fourth-order valence-corrected chi connectivity index (χ4v) is 3.51. The number of carbonyl (C=O) groups is 1. The molecular formula is C24H22O5. The van der Waals surface area contributed by atoms with E-state index in [2.05, 4.69) is 0 Å². The van der Waals surface area contributed by atoms with Crippen molar-refractivity contribution in [2.75, 3.05) is 14.2 Å². The summed E-state index contributed by atoms with van der Waals surface area (Å²) in [5.74, 6) is 1.40. The van der Waals surface area contributed by atoms with Gasteiger partial charge in [-0.3, -0.25) is 0 Å². The minimum atomic E-state index is -0.396. The van der Waals surface area contributed by atoms with E-state index >= 15 is 0 Å². The van der Waals surface area contributed by atoms with E-state index in [9.17, 15) is 4.79 Å². The molecule has 0 radical (unpaired) electrons. The molecule has 1 aliphatic heterocycles. The fourth-order valence-electron chi connectivity index (χ4n) is 3.51. The van der Waals surface area contributed by atoms with Crippen molar-refractivity contribution in [1.29, 1.82) is 0 Å². The average Bonchev–Trinajstić information content (AvgIpc) is 2.77. The van der Waals surface area contributed by atoms with Gasteiger partial charge in [0, 0.05) is 6.42 Å². The smallest absolute Gasteiger partial charge is 0.342 e. The molecule has 0 fully saturated rings. The van der Waals surface area contributed by atoms with Crippen molar-refractivity contribution in [3.63, 3.8) is 0 Å². The predicted molar refractivity (Wildman–Crippen MR) is 109 cm³/mol. The van der Waals surface area contributed by atoms with Crippen LogP contribution in [0.2, 0.25) is 0 Å². The molecule has 5 heteroatoms. The van der Waals surface area contributed by atoms with Crippen LogP contribution in [0.25, 0.3) is 0 Å². The van der Waals surface area contributed by atoms with Gasteiger partial charge in [-0.15, -0.1) is 0 Å². The molecule has 4 rings (SSSR count). The molecule has 0 bridgehead atoms. The van der Waals surface area contributed by atoms with Gasteiger partial charge in [0.25, 0.3) is 0 Å². The highest BCUT2D eigenvalue weighted by atomic mass is 16.5. The summed E-state index contributed by atoms with van der Waals surface area (Å²) in [6.45, 7) is 0.422. The lowest BCUT2D eigenvalue weighted by molar-refractivity contribution is 0.0247. The predicted octanol–water partition coefficient (Wildman–Crippen LogP) is 4.74. The highest BCUT2D eigenvalue weighted by Gasteiger charge is 2.30. The average molecular weight is 390 g/mol. The summed E-state index contributed by atoms with van der Waals surface area (Å²) in [5, 5.41) is 0. The number of rotatable bonds is 6. The highest BCUT2D eigenvalue weighted by Crippen LogP contribution is 2.38. The SMILES string of the molecule is COc1ccc([C@@H]2Cc3cccc(OC)c3C(=O)O2)cc1OCc1ccccc1. The monoisotopic (exact) mass is 390 g/mol. The molecule has 3 aromatic rings. The summed E-state index contributed by atoms with van der Waals surface area (Å²) >= 11 is 0. The Bertz CT molecular complexity index is 1010. The van der Waals surface area contributed by atoms with Crippen LogP contribution in [0.1, 0.15) is 33.2 Å². The molecule has 0 spiro atoms. The third-order valence-corrected chi connectivity index (χ3v) is 4.99. The normalized spacial score (nSPS) is 15.2. The van der Waals surface area contributed by atoms with Crippen LogP contribution in [0.5, 0.6) is 17.2 Å². The van der Waals surface area contributed by atoms with Crippen LogP contribution in [0.15, 0.2) is 66.7 Å². The Morgan fingerprint density at radius 2 is 1.69 bits per heavy atom. The number of ether oxygens (including phenoxy) is 4. The molecule has 0 N–H and O–H groups in total. The number of cyclic esters (lactones) is 1. The lowest BCUT2D eigenvalue weighted by Crippen LogP contribution is -2.22. The number of fused-ring (bicyclic) bond motifs is 1. The summed E-state index contributed by atoms with van der Waals surface area (Å²) in [5.41, 5.74) is 3.33. The fraction of sp³-hybridized carbons (Fsp3) is 0.208. The number of methoxy groups -OCH3 is 2. The molecule has 0 unspecified atom stereocenters. The number of carbonyl (C=O) groups excluding carboxylic acids is 1. The largest absolute Gasteiger partial charge is 0.496 e. The van der Waals surface area contributed by atoms with Crippen LogP contribution in [0.4, 0.5) is 0 Å². The molecule has 29 heavy (non-hydrogen) atoms. The summed E-state index contributed by atoms with van der Waals surface area (Å²) in [6, 6.07) is 21.1. The van der Waals surface area contributed by atoms with Gasteiger partial charge in [-0.1, -0.05) is 48.5 Å². The van der Waals surface area contributed by atoms with E-state index in [1.54, 1.807) is 20.3 Å². The molecule has 0 saturated heterocycles. The van der Waals surface area contributed by atoms with Crippen LogP contribution in [-0.2, 0) is 17.8 Å². The van der Waals surface area contributed by atoms with Gasteiger partial charge >= 0.3 is 5.97 Å². The Morgan fingerprint density at radius 3 is 2.45 bits per heavy atom. The van der Waals surface area contributed by atoms with Gasteiger partial charge in [0.05, 0.1) is 14.2 Å². The van der Waals surface area contributed by atoms with Crippen LogP contribution in [-0.4, -0.2) is 20.2 Å². The van der Waals surface area contributed by atoms with Crippen molar-refractivity contribution in [3.8, 4) is 17.2 Å². The standard InChI is InChI=1S/C24H22O5/c1-26-19-12-11-17(13-22(19)28-15-16-7-4-3-5-8-16)21-14-18-9-6-10-20(27-2)23(18)24(25)29-21/h3-13,21H,14-15H2,1-2H3/t21-/m0/s1. The summed E-state index contributed by atoms with van der Waals surface area (Å²) in [7, 11) is 3.16. The summed E-state index contributed by atoms with van der Waals surface area (Å²) in [4.78, 5) is 12.6. The lowest BCUT2D eigenvalue weighted by atomic mass is 9.94. The van der Waals surface area contributed by atoms with E-state index in [-0.39, 0.29) is 5.97 Å². The maximum Gasteiger partial charge on any atom is 0.342 e. The van der Waals surface area contributed by atoms with E-state index in [0.29, 0.717) is 35.8 Å². The Hall–Kier alpha value is -3.47. The second-order valence-corrected chi connectivity index (χ2v) is 6.78. The zero-order valence-corrected chi connectivity index (χ0v) is 16.4. The van der Waals surface area contributed by atoms with Crippen molar-refractivity contribution in [2.45, 2.75) is 19.1 Å². The lowest BCUT2D eigenvalue weighted by Gasteiger charge is -2.26. The van der Waals surface area contributed by atoms with Gasteiger partial charge in [-0.05, 0) is 34.9 Å². The minimum absolute atomic E-state index is 0.378. The van der Waals surface area contributed by atoms with Crippen molar-refractivity contribution in [1.82, 2.24) is 0 Å². The van der Waals surface area contributed by atoms with Gasteiger partial charge in [0.15, 0.2) is 11.5 Å². The first-order valence-corrected chi connectivity index (χ1v) is 9.41. The van der Waals surface area contributed by atoms with Gasteiger partial charge < -0.3 is 18.9 Å². The third-order valence-electron chi connectivity index (χ3n) is 4.99. The van der Waals surface area contributed by atoms with Gasteiger partial charge in [0.2, 0.25) is 0 Å². The molecule has 0 amide bonds. The molecule has 0 aliphatic carbocycles. The first kappa shape index (κ1) is 18.9. The first-order chi connectivity index (χ1) is 14.2. The van der Waals surface area contributed by atoms with Gasteiger partial charge in [-0.25, -0.2) is 4.79 Å². The number of hydrogen-bond acceptors (Lipinski definition) is 5. The molecule has 3 aromatic carbocycles. The Kier molecular flexibility index (Phi) is 5.38. The van der Waals surface area contributed by atoms with E-state index < -0.39 is 6.10 Å². The van der Waals surface area contributed by atoms with E-state index in [4.69, 9.17) is 18.9 Å². The Morgan fingerprint density at radius 1 is 0.897 bits per heavy atom. The second-order valence-electron chi connectivity index (χ2n) is 6.78. The Labute approximate surface area is 169 Å². The number of benzene rings is 3. The van der Waals surface area contributed by atoms with Crippen LogP contribution in [0.3, 0.4) is 0 Å². The quantitative estimate of drug-likeness (QED) is 0.569. The van der Waals surface area contributed by atoms with Crippen LogP contribution < -0.4 is 14.2 Å². The highest BCUT2D eigenvalue weighted by molar-refractivity contribution is 5.95. The van der Waals surface area contributed by atoms with Gasteiger partial charge in [0.1, 0.15) is 24.0 Å². The van der Waals surface area contributed by atoms with Gasteiger partial charge in [-0.2, -0.15) is 0 Å². The molecule has 1 heterocycles. The Balaban J connectivity index is 1.59. The first-order valence-electron chi connectivity index (χ1n) is 9.41. The molecule has 148 valence electrons. The van der Waals surface area contributed by atoms with Crippen molar-refractivity contribution in [3.05, 3.63) is 89.0 Å². The topological polar surface area (TPSA) is 54.0 Å². The van der Waals surface area contributed by atoms with Crippen LogP contribution >= 0.6 is 0 Å². The minimum Gasteiger partial charge on any atom is -0.496 e. The van der Waals surface area contributed by atoms with E-state index in [0.717, 1.165) is 16.7 Å². The molecule has 0 aromatic heterocycles. The third kappa shape index (κ3) is 3.90. The molecular weight excluding hydrogens is 368 g/mol. The molecule has 0 saturated carbocycles. The zero-order chi connectivity index (χ0) is 20.2. The maximum absolute atomic E-state index is 12.6. The number of hydrogen-bond donors (Lipinski definition) is 0. The van der Waals surface area contributed by atoms with E-state index in [1.807, 2.05) is 60.7 Å². The van der Waals surface area contributed by atoms with Crippen molar-refractivity contribution < 1.29 is 23.7 Å². The summed E-state index contributed by atoms with van der Waals surface area (Å²) < 4.78 is 22.5. The molecule has 5 nitrogen and oxygen atoms in total. The van der Waals surface area contributed by atoms with Crippen molar-refractivity contribution in [2.24, 2.45) is 0 Å². The van der Waals surface area contributed by atoms with Crippen molar-refractivity contribution >= 4 is 5.97 Å². The van der Waals surface area contributed by atoms with E-state index in [1.165, 1.54) is 0 Å². The molecule has 1 atom stereocenters.